The number of nitrogens with two attached hydrogens (primary N) is 1. The zero-order valence-electron chi connectivity index (χ0n) is 7.11. The molecule has 2 aromatic rings. The molecule has 0 aliphatic heterocycles. The summed E-state index contributed by atoms with van der Waals surface area (Å²) in [6.45, 7) is 1.84. The Morgan fingerprint density at radius 2 is 2.31 bits per heavy atom. The molecule has 0 bridgehead atoms. The van der Waals surface area contributed by atoms with Crippen molar-refractivity contribution in [2.45, 2.75) is 13.0 Å². The van der Waals surface area contributed by atoms with E-state index in [4.69, 9.17) is 17.3 Å². The predicted molar refractivity (Wildman–Crippen MR) is 50.6 cm³/mol. The van der Waals surface area contributed by atoms with Crippen LogP contribution in [0.1, 0.15) is 18.8 Å². The van der Waals surface area contributed by atoms with Gasteiger partial charge in [0.25, 0.3) is 0 Å². The van der Waals surface area contributed by atoms with Crippen molar-refractivity contribution in [3.05, 3.63) is 29.2 Å². The second kappa shape index (κ2) is 2.97. The Labute approximate surface area is 80.3 Å². The molecule has 0 aliphatic rings. The molecule has 0 fully saturated rings. The lowest BCUT2D eigenvalue weighted by Gasteiger charge is -1.93. The molecule has 0 saturated heterocycles. The van der Waals surface area contributed by atoms with Gasteiger partial charge in [0, 0.05) is 6.20 Å². The van der Waals surface area contributed by atoms with Crippen molar-refractivity contribution in [1.29, 1.82) is 0 Å². The van der Waals surface area contributed by atoms with Crippen LogP contribution < -0.4 is 5.73 Å². The number of halogens is 1. The zero-order chi connectivity index (χ0) is 9.42. The maximum absolute atomic E-state index is 5.79. The van der Waals surface area contributed by atoms with Crippen LogP contribution in [0.2, 0.25) is 5.02 Å². The normalized spacial score (nSPS) is 13.5. The first-order valence-corrected chi connectivity index (χ1v) is 4.32. The molecule has 2 heterocycles. The Morgan fingerprint density at radius 3 is 3.00 bits per heavy atom. The average molecular weight is 197 g/mol. The number of pyridine rings is 1. The van der Waals surface area contributed by atoms with Crippen LogP contribution in [0.25, 0.3) is 5.65 Å². The summed E-state index contributed by atoms with van der Waals surface area (Å²) in [5, 5.41) is 4.80. The molecular formula is C8H9ClN4. The van der Waals surface area contributed by atoms with E-state index in [-0.39, 0.29) is 6.04 Å². The highest BCUT2D eigenvalue weighted by molar-refractivity contribution is 6.30. The van der Waals surface area contributed by atoms with E-state index in [1.165, 1.54) is 0 Å². The van der Waals surface area contributed by atoms with Crippen LogP contribution in [0.5, 0.6) is 0 Å². The van der Waals surface area contributed by atoms with Crippen LogP contribution in [0.4, 0.5) is 0 Å². The average Bonchev–Trinajstić information content (AvgIpc) is 2.46. The highest BCUT2D eigenvalue weighted by Crippen LogP contribution is 2.11. The Morgan fingerprint density at radius 1 is 1.54 bits per heavy atom. The van der Waals surface area contributed by atoms with Crippen LogP contribution in [0.3, 0.4) is 0 Å². The topological polar surface area (TPSA) is 56.2 Å². The van der Waals surface area contributed by atoms with E-state index in [9.17, 15) is 0 Å². The minimum atomic E-state index is -0.154. The number of nitrogens with zero attached hydrogens (tertiary/aromatic N) is 3. The fourth-order valence-corrected chi connectivity index (χ4v) is 1.22. The van der Waals surface area contributed by atoms with Crippen molar-refractivity contribution in [2.24, 2.45) is 5.73 Å². The molecule has 0 radical (unpaired) electrons. The standard InChI is InChI=1S/C8H9ClN4/c1-5(10)8-11-7-3-2-6(9)4-13(7)12-8/h2-5H,10H2,1H3. The second-order valence-electron chi connectivity index (χ2n) is 2.91. The molecule has 1 atom stereocenters. The molecule has 0 aromatic carbocycles. The third-order valence-electron chi connectivity index (χ3n) is 1.72. The van der Waals surface area contributed by atoms with Gasteiger partial charge >= 0.3 is 0 Å². The molecule has 4 nitrogen and oxygen atoms in total. The van der Waals surface area contributed by atoms with Gasteiger partial charge in [-0.25, -0.2) is 9.50 Å². The molecule has 0 amide bonds. The first kappa shape index (κ1) is 8.47. The molecule has 2 rings (SSSR count). The fourth-order valence-electron chi connectivity index (χ4n) is 1.07. The molecule has 0 aliphatic carbocycles. The van der Waals surface area contributed by atoms with E-state index in [2.05, 4.69) is 10.1 Å². The van der Waals surface area contributed by atoms with Crippen LogP contribution in [-0.4, -0.2) is 14.6 Å². The van der Waals surface area contributed by atoms with Crippen molar-refractivity contribution >= 4 is 17.2 Å². The van der Waals surface area contributed by atoms with E-state index in [1.54, 1.807) is 22.8 Å². The summed E-state index contributed by atoms with van der Waals surface area (Å²) < 4.78 is 1.63. The van der Waals surface area contributed by atoms with Gasteiger partial charge in [0.1, 0.15) is 0 Å². The zero-order valence-corrected chi connectivity index (χ0v) is 7.86. The Kier molecular flexibility index (Phi) is 1.94. The summed E-state index contributed by atoms with van der Waals surface area (Å²) in [5.41, 5.74) is 6.41. The number of hydrogen-bond donors (Lipinski definition) is 1. The number of aromatic nitrogens is 3. The maximum Gasteiger partial charge on any atom is 0.168 e. The summed E-state index contributed by atoms with van der Waals surface area (Å²) in [4.78, 5) is 4.22. The molecule has 13 heavy (non-hydrogen) atoms. The van der Waals surface area contributed by atoms with Crippen molar-refractivity contribution in [1.82, 2.24) is 14.6 Å². The van der Waals surface area contributed by atoms with E-state index in [1.807, 2.05) is 6.92 Å². The van der Waals surface area contributed by atoms with E-state index >= 15 is 0 Å². The SMILES string of the molecule is CC(N)c1nc2ccc(Cl)cn2n1. The molecule has 5 heteroatoms. The fraction of sp³-hybridized carbons (Fsp3) is 0.250. The monoisotopic (exact) mass is 196 g/mol. The van der Waals surface area contributed by atoms with Gasteiger partial charge in [-0.3, -0.25) is 0 Å². The van der Waals surface area contributed by atoms with Crippen LogP contribution >= 0.6 is 11.6 Å². The van der Waals surface area contributed by atoms with Gasteiger partial charge in [-0.2, -0.15) is 0 Å². The van der Waals surface area contributed by atoms with E-state index < -0.39 is 0 Å². The number of rotatable bonds is 1. The molecule has 2 N–H and O–H groups in total. The van der Waals surface area contributed by atoms with Crippen molar-refractivity contribution in [3.63, 3.8) is 0 Å². The third-order valence-corrected chi connectivity index (χ3v) is 1.94. The minimum Gasteiger partial charge on any atom is -0.321 e. The molecule has 1 unspecified atom stereocenters. The van der Waals surface area contributed by atoms with Gasteiger partial charge in [-0.1, -0.05) is 11.6 Å². The smallest absolute Gasteiger partial charge is 0.168 e. The second-order valence-corrected chi connectivity index (χ2v) is 3.35. The molecule has 68 valence electrons. The Balaban J connectivity index is 2.62. The van der Waals surface area contributed by atoms with Crippen LogP contribution in [-0.2, 0) is 0 Å². The van der Waals surface area contributed by atoms with Gasteiger partial charge < -0.3 is 5.73 Å². The van der Waals surface area contributed by atoms with Gasteiger partial charge in [0.15, 0.2) is 11.5 Å². The maximum atomic E-state index is 5.79. The summed E-state index contributed by atoms with van der Waals surface area (Å²) in [7, 11) is 0. The van der Waals surface area contributed by atoms with E-state index in [0.29, 0.717) is 10.8 Å². The summed E-state index contributed by atoms with van der Waals surface area (Å²) >= 11 is 5.79. The number of hydrogen-bond acceptors (Lipinski definition) is 3. The van der Waals surface area contributed by atoms with Crippen molar-refractivity contribution < 1.29 is 0 Å². The van der Waals surface area contributed by atoms with Crippen LogP contribution in [0, 0.1) is 0 Å². The quantitative estimate of drug-likeness (QED) is 0.750. The van der Waals surface area contributed by atoms with E-state index in [0.717, 1.165) is 5.65 Å². The lowest BCUT2D eigenvalue weighted by Crippen LogP contribution is -2.07. The van der Waals surface area contributed by atoms with Gasteiger partial charge in [0.05, 0.1) is 11.1 Å². The highest BCUT2D eigenvalue weighted by Gasteiger charge is 2.06. The van der Waals surface area contributed by atoms with Crippen molar-refractivity contribution in [2.75, 3.05) is 0 Å². The number of fused-ring (bicyclic) bond motifs is 1. The lowest BCUT2D eigenvalue weighted by atomic mass is 10.3. The van der Waals surface area contributed by atoms with Gasteiger partial charge in [-0.05, 0) is 19.1 Å². The molecular weight excluding hydrogens is 188 g/mol. The summed E-state index contributed by atoms with van der Waals surface area (Å²) in [5.74, 6) is 0.627. The molecule has 0 spiro atoms. The third kappa shape index (κ3) is 1.50. The highest BCUT2D eigenvalue weighted by atomic mass is 35.5. The largest absolute Gasteiger partial charge is 0.321 e. The lowest BCUT2D eigenvalue weighted by molar-refractivity contribution is 0.734. The molecule has 0 saturated carbocycles. The summed E-state index contributed by atoms with van der Waals surface area (Å²) in [6, 6.07) is 3.43. The first-order valence-electron chi connectivity index (χ1n) is 3.94. The first-order chi connectivity index (χ1) is 6.16. The molecule has 2 aromatic heterocycles. The predicted octanol–water partition coefficient (Wildman–Crippen LogP) is 1.40. The minimum absolute atomic E-state index is 0.154. The van der Waals surface area contributed by atoms with Gasteiger partial charge in [0.2, 0.25) is 0 Å². The Bertz CT molecular complexity index is 435. The van der Waals surface area contributed by atoms with Crippen molar-refractivity contribution in [3.8, 4) is 0 Å². The summed E-state index contributed by atoms with van der Waals surface area (Å²) in [6.07, 6.45) is 1.70. The Hall–Kier alpha value is -1.13. The van der Waals surface area contributed by atoms with Crippen LogP contribution in [0.15, 0.2) is 18.3 Å². The van der Waals surface area contributed by atoms with Gasteiger partial charge in [-0.15, -0.1) is 5.10 Å².